The lowest BCUT2D eigenvalue weighted by Gasteiger charge is -2.17. The number of benzene rings is 1. The standard InChI is InChI=1S/C19H21FN6/c1-26-7-3-13(11-26)25-15-2-4-22-16(18(15)21)9-12-8-14(20)19-17(10-12)23-5-6-24-19/h2,4-6,8,10,13H,3,7,9,11,21H2,1H3,(H,22,25). The SMILES string of the molecule is CN1CCC(Nc2ccnc(Cc3cc(F)c4nccnc4c3)c2N)C1. The summed E-state index contributed by atoms with van der Waals surface area (Å²) in [4.78, 5) is 14.9. The van der Waals surface area contributed by atoms with Crippen LogP contribution in [0, 0.1) is 5.82 Å². The lowest BCUT2D eigenvalue weighted by atomic mass is 10.1. The third kappa shape index (κ3) is 3.30. The van der Waals surface area contributed by atoms with E-state index in [9.17, 15) is 4.39 Å². The van der Waals surface area contributed by atoms with Crippen LogP contribution in [-0.4, -0.2) is 46.0 Å². The number of rotatable bonds is 4. The van der Waals surface area contributed by atoms with Gasteiger partial charge in [0.1, 0.15) is 5.52 Å². The van der Waals surface area contributed by atoms with Crippen molar-refractivity contribution in [3.63, 3.8) is 0 Å². The molecule has 0 amide bonds. The molecule has 1 unspecified atom stereocenters. The van der Waals surface area contributed by atoms with Crippen molar-refractivity contribution in [3.8, 4) is 0 Å². The molecule has 1 aliphatic heterocycles. The molecule has 3 aromatic rings. The van der Waals surface area contributed by atoms with Crippen LogP contribution in [-0.2, 0) is 6.42 Å². The second kappa shape index (κ2) is 6.84. The second-order valence-electron chi connectivity index (χ2n) is 6.79. The van der Waals surface area contributed by atoms with E-state index in [0.717, 1.165) is 36.5 Å². The molecule has 134 valence electrons. The van der Waals surface area contributed by atoms with Gasteiger partial charge in [-0.1, -0.05) is 0 Å². The summed E-state index contributed by atoms with van der Waals surface area (Å²) in [6, 6.07) is 5.58. The quantitative estimate of drug-likeness (QED) is 0.751. The van der Waals surface area contributed by atoms with Crippen LogP contribution in [0.5, 0.6) is 0 Å². The zero-order valence-corrected chi connectivity index (χ0v) is 14.6. The third-order valence-corrected chi connectivity index (χ3v) is 4.78. The van der Waals surface area contributed by atoms with Gasteiger partial charge in [0.05, 0.1) is 22.6 Å². The topological polar surface area (TPSA) is 80.0 Å². The van der Waals surface area contributed by atoms with E-state index in [1.54, 1.807) is 12.4 Å². The Labute approximate surface area is 151 Å². The third-order valence-electron chi connectivity index (χ3n) is 4.78. The summed E-state index contributed by atoms with van der Waals surface area (Å²) < 4.78 is 14.3. The molecule has 2 aromatic heterocycles. The molecule has 0 aliphatic carbocycles. The molecular formula is C19H21FN6. The van der Waals surface area contributed by atoms with E-state index in [4.69, 9.17) is 5.73 Å². The number of hydrogen-bond donors (Lipinski definition) is 2. The number of likely N-dealkylation sites (tertiary alicyclic amines) is 1. The number of fused-ring (bicyclic) bond motifs is 1. The van der Waals surface area contributed by atoms with E-state index in [2.05, 4.69) is 32.2 Å². The van der Waals surface area contributed by atoms with Crippen molar-refractivity contribution in [1.29, 1.82) is 0 Å². The Kier molecular flexibility index (Phi) is 4.38. The molecule has 3 N–H and O–H groups in total. The number of pyridine rings is 1. The minimum Gasteiger partial charge on any atom is -0.396 e. The highest BCUT2D eigenvalue weighted by molar-refractivity contribution is 5.76. The number of nitrogens with one attached hydrogen (secondary N) is 1. The molecule has 0 saturated carbocycles. The van der Waals surface area contributed by atoms with Crippen LogP contribution in [0.25, 0.3) is 11.0 Å². The fourth-order valence-electron chi connectivity index (χ4n) is 3.44. The minimum atomic E-state index is -0.382. The molecule has 3 heterocycles. The van der Waals surface area contributed by atoms with Crippen LogP contribution in [0.2, 0.25) is 0 Å². The number of nitrogens with zero attached hydrogens (tertiary/aromatic N) is 4. The van der Waals surface area contributed by atoms with Gasteiger partial charge in [-0.15, -0.1) is 0 Å². The fourth-order valence-corrected chi connectivity index (χ4v) is 3.44. The average molecular weight is 352 g/mol. The van der Waals surface area contributed by atoms with Crippen molar-refractivity contribution < 1.29 is 4.39 Å². The highest BCUT2D eigenvalue weighted by Gasteiger charge is 2.20. The van der Waals surface area contributed by atoms with Crippen LogP contribution >= 0.6 is 0 Å². The summed E-state index contributed by atoms with van der Waals surface area (Å²) in [6.45, 7) is 2.07. The Morgan fingerprint density at radius 2 is 2.08 bits per heavy atom. The van der Waals surface area contributed by atoms with Gasteiger partial charge in [0.15, 0.2) is 5.82 Å². The van der Waals surface area contributed by atoms with Gasteiger partial charge in [0.25, 0.3) is 0 Å². The van der Waals surface area contributed by atoms with E-state index in [0.29, 0.717) is 23.7 Å². The summed E-state index contributed by atoms with van der Waals surface area (Å²) in [5, 5.41) is 3.50. The normalized spacial score (nSPS) is 17.7. The van der Waals surface area contributed by atoms with Gasteiger partial charge in [-0.2, -0.15) is 0 Å². The number of hydrogen-bond acceptors (Lipinski definition) is 6. The Morgan fingerprint density at radius 1 is 1.23 bits per heavy atom. The van der Waals surface area contributed by atoms with E-state index < -0.39 is 0 Å². The number of nitrogens with two attached hydrogens (primary N) is 1. The lowest BCUT2D eigenvalue weighted by Crippen LogP contribution is -2.24. The van der Waals surface area contributed by atoms with E-state index in [1.807, 2.05) is 12.1 Å². The molecule has 0 spiro atoms. The monoisotopic (exact) mass is 352 g/mol. The summed E-state index contributed by atoms with van der Waals surface area (Å²) in [6.07, 6.45) is 6.31. The van der Waals surface area contributed by atoms with E-state index >= 15 is 0 Å². The molecule has 0 radical (unpaired) electrons. The number of likely N-dealkylation sites (N-methyl/N-ethyl adjacent to an activating group) is 1. The fraction of sp³-hybridized carbons (Fsp3) is 0.316. The maximum atomic E-state index is 14.3. The Morgan fingerprint density at radius 3 is 2.88 bits per heavy atom. The molecular weight excluding hydrogens is 331 g/mol. The molecule has 1 aliphatic rings. The molecule has 1 saturated heterocycles. The summed E-state index contributed by atoms with van der Waals surface area (Å²) >= 11 is 0. The Balaban J connectivity index is 1.59. The molecule has 1 atom stereocenters. The van der Waals surface area contributed by atoms with Gasteiger partial charge in [-0.05, 0) is 43.8 Å². The van der Waals surface area contributed by atoms with Crippen molar-refractivity contribution >= 4 is 22.4 Å². The molecule has 1 aromatic carbocycles. The maximum Gasteiger partial charge on any atom is 0.151 e. The maximum absolute atomic E-state index is 14.3. The highest BCUT2D eigenvalue weighted by Crippen LogP contribution is 2.26. The summed E-state index contributed by atoms with van der Waals surface area (Å²) in [7, 11) is 2.11. The molecule has 1 fully saturated rings. The van der Waals surface area contributed by atoms with Crippen LogP contribution < -0.4 is 11.1 Å². The molecule has 4 rings (SSSR count). The van der Waals surface area contributed by atoms with Crippen LogP contribution in [0.1, 0.15) is 17.7 Å². The van der Waals surface area contributed by atoms with Crippen LogP contribution in [0.4, 0.5) is 15.8 Å². The van der Waals surface area contributed by atoms with Gasteiger partial charge < -0.3 is 16.0 Å². The Hall–Kier alpha value is -2.80. The van der Waals surface area contributed by atoms with Gasteiger partial charge in [-0.25, -0.2) is 9.37 Å². The summed E-state index contributed by atoms with van der Waals surface area (Å²) in [5.74, 6) is -0.382. The largest absolute Gasteiger partial charge is 0.396 e. The number of anilines is 2. The molecule has 7 heteroatoms. The van der Waals surface area contributed by atoms with Crippen molar-refractivity contribution in [3.05, 3.63) is 53.9 Å². The number of halogens is 1. The molecule has 0 bridgehead atoms. The van der Waals surface area contributed by atoms with E-state index in [1.165, 1.54) is 12.3 Å². The predicted molar refractivity (Wildman–Crippen MR) is 100 cm³/mol. The van der Waals surface area contributed by atoms with Gasteiger partial charge in [0, 0.05) is 37.6 Å². The summed E-state index contributed by atoms with van der Waals surface area (Å²) in [5.41, 5.74) is 10.1. The van der Waals surface area contributed by atoms with Crippen LogP contribution in [0.3, 0.4) is 0 Å². The molecule has 6 nitrogen and oxygen atoms in total. The first-order valence-electron chi connectivity index (χ1n) is 8.68. The average Bonchev–Trinajstić information content (AvgIpc) is 3.03. The first-order chi connectivity index (χ1) is 12.6. The zero-order valence-electron chi connectivity index (χ0n) is 14.6. The second-order valence-corrected chi connectivity index (χ2v) is 6.79. The van der Waals surface area contributed by atoms with Gasteiger partial charge in [0.2, 0.25) is 0 Å². The highest BCUT2D eigenvalue weighted by atomic mass is 19.1. The predicted octanol–water partition coefficient (Wildman–Crippen LogP) is 2.45. The van der Waals surface area contributed by atoms with Crippen molar-refractivity contribution in [2.24, 2.45) is 0 Å². The Bertz CT molecular complexity index is 944. The first-order valence-corrected chi connectivity index (χ1v) is 8.68. The number of nitrogen functional groups attached to an aromatic ring is 1. The number of aromatic nitrogens is 3. The van der Waals surface area contributed by atoms with E-state index in [-0.39, 0.29) is 11.3 Å². The smallest absolute Gasteiger partial charge is 0.151 e. The zero-order chi connectivity index (χ0) is 18.1. The van der Waals surface area contributed by atoms with Crippen molar-refractivity contribution in [2.45, 2.75) is 18.9 Å². The lowest BCUT2D eigenvalue weighted by molar-refractivity contribution is 0.414. The van der Waals surface area contributed by atoms with Gasteiger partial charge >= 0.3 is 0 Å². The van der Waals surface area contributed by atoms with Crippen LogP contribution in [0.15, 0.2) is 36.8 Å². The van der Waals surface area contributed by atoms with Crippen molar-refractivity contribution in [1.82, 2.24) is 19.9 Å². The first kappa shape index (κ1) is 16.7. The molecule has 26 heavy (non-hydrogen) atoms. The minimum absolute atomic E-state index is 0.276. The van der Waals surface area contributed by atoms with Crippen molar-refractivity contribution in [2.75, 3.05) is 31.2 Å². The van der Waals surface area contributed by atoms with Gasteiger partial charge in [-0.3, -0.25) is 9.97 Å².